The minimum atomic E-state index is -0.433. The maximum atomic E-state index is 10.8. The molecule has 0 saturated heterocycles. The number of pyridine rings is 1. The molecule has 1 heterocycles. The molecule has 0 aliphatic rings. The molecule has 22 heavy (non-hydrogen) atoms. The molecule has 0 N–H and O–H groups in total. The number of hydrogen-bond acceptors (Lipinski definition) is 6. The van der Waals surface area contributed by atoms with Crippen LogP contribution in [0.2, 0.25) is 0 Å². The minimum Gasteiger partial charge on any atom is -0.351 e. The Labute approximate surface area is 127 Å². The average molecular weight is 304 g/mol. The number of nitro benzene ring substituents is 1. The number of nitrogens with zero attached hydrogens (tertiary/aromatic N) is 2. The summed E-state index contributed by atoms with van der Waals surface area (Å²) in [6.07, 6.45) is 3.38. The summed E-state index contributed by atoms with van der Waals surface area (Å²) in [4.78, 5) is 14.3. The van der Waals surface area contributed by atoms with E-state index in [1.807, 2.05) is 12.1 Å². The first-order valence-electron chi connectivity index (χ1n) is 6.62. The molecule has 0 saturated carbocycles. The first-order chi connectivity index (χ1) is 10.8. The van der Waals surface area contributed by atoms with Gasteiger partial charge < -0.3 is 14.2 Å². The Hall–Kier alpha value is -2.35. The predicted molar refractivity (Wildman–Crippen MR) is 77.7 cm³/mol. The molecule has 7 heteroatoms. The zero-order valence-corrected chi connectivity index (χ0v) is 11.9. The molecule has 1 aromatic heterocycles. The van der Waals surface area contributed by atoms with Crippen LogP contribution in [0.15, 0.2) is 48.8 Å². The molecule has 0 aliphatic heterocycles. The smallest absolute Gasteiger partial charge is 0.274 e. The van der Waals surface area contributed by atoms with E-state index in [1.54, 1.807) is 30.6 Å². The number of rotatable bonds is 9. The standard InChI is InChI=1S/C15H16N2O5/c18-17(19)15-4-2-1-3-14(15)10-21-12-22-11-20-9-13-5-7-16-8-6-13/h1-8H,9-12H2. The summed E-state index contributed by atoms with van der Waals surface area (Å²) in [6.45, 7) is 0.621. The van der Waals surface area contributed by atoms with Gasteiger partial charge in [0.05, 0.1) is 23.7 Å². The van der Waals surface area contributed by atoms with Crippen molar-refractivity contribution in [2.24, 2.45) is 0 Å². The van der Waals surface area contributed by atoms with Gasteiger partial charge in [-0.1, -0.05) is 12.1 Å². The lowest BCUT2D eigenvalue weighted by atomic mass is 10.2. The Balaban J connectivity index is 1.61. The molecule has 0 unspecified atom stereocenters. The Morgan fingerprint density at radius 1 is 0.955 bits per heavy atom. The van der Waals surface area contributed by atoms with Crippen molar-refractivity contribution in [2.45, 2.75) is 13.2 Å². The second-order valence-electron chi connectivity index (χ2n) is 4.38. The molecule has 0 amide bonds. The quantitative estimate of drug-likeness (QED) is 0.306. The van der Waals surface area contributed by atoms with Crippen LogP contribution < -0.4 is 0 Å². The number of benzene rings is 1. The number of aromatic nitrogens is 1. The van der Waals surface area contributed by atoms with Crippen LogP contribution in [0, 0.1) is 10.1 Å². The van der Waals surface area contributed by atoms with Crippen molar-refractivity contribution in [1.82, 2.24) is 4.98 Å². The van der Waals surface area contributed by atoms with Crippen LogP contribution in [0.5, 0.6) is 0 Å². The predicted octanol–water partition coefficient (Wildman–Crippen LogP) is 2.65. The Bertz CT molecular complexity index is 591. The normalized spacial score (nSPS) is 10.5. The van der Waals surface area contributed by atoms with Crippen molar-refractivity contribution >= 4 is 5.69 Å². The number of nitro groups is 1. The highest BCUT2D eigenvalue weighted by Crippen LogP contribution is 2.18. The SMILES string of the molecule is O=[N+]([O-])c1ccccc1COCOCOCc1ccncc1. The highest BCUT2D eigenvalue weighted by Gasteiger charge is 2.11. The van der Waals surface area contributed by atoms with Crippen molar-refractivity contribution in [2.75, 3.05) is 13.6 Å². The lowest BCUT2D eigenvalue weighted by Crippen LogP contribution is -2.06. The maximum absolute atomic E-state index is 10.8. The van der Waals surface area contributed by atoms with Crippen molar-refractivity contribution in [1.29, 1.82) is 0 Å². The summed E-state index contributed by atoms with van der Waals surface area (Å²) in [6, 6.07) is 10.1. The summed E-state index contributed by atoms with van der Waals surface area (Å²) in [5, 5.41) is 10.8. The molecule has 0 spiro atoms. The summed E-state index contributed by atoms with van der Waals surface area (Å²) in [5.41, 5.74) is 1.55. The third-order valence-corrected chi connectivity index (χ3v) is 2.80. The molecular formula is C15H16N2O5. The van der Waals surface area contributed by atoms with Gasteiger partial charge in [0, 0.05) is 18.5 Å². The van der Waals surface area contributed by atoms with Crippen LogP contribution in [0.25, 0.3) is 0 Å². The fraction of sp³-hybridized carbons (Fsp3) is 0.267. The molecule has 7 nitrogen and oxygen atoms in total. The number of hydrogen-bond donors (Lipinski definition) is 0. The van der Waals surface area contributed by atoms with Crippen molar-refractivity contribution < 1.29 is 19.1 Å². The van der Waals surface area contributed by atoms with Crippen LogP contribution in [0.4, 0.5) is 5.69 Å². The molecule has 2 aromatic rings. The molecule has 0 atom stereocenters. The molecule has 116 valence electrons. The molecular weight excluding hydrogens is 288 g/mol. The van der Waals surface area contributed by atoms with Gasteiger partial charge in [-0.2, -0.15) is 0 Å². The number of ether oxygens (including phenoxy) is 3. The van der Waals surface area contributed by atoms with E-state index in [9.17, 15) is 10.1 Å². The zero-order chi connectivity index (χ0) is 15.6. The molecule has 0 aliphatic carbocycles. The van der Waals surface area contributed by atoms with Gasteiger partial charge >= 0.3 is 0 Å². The summed E-state index contributed by atoms with van der Waals surface area (Å²) in [5.74, 6) is 0. The second-order valence-corrected chi connectivity index (χ2v) is 4.38. The molecule has 0 fully saturated rings. The van der Waals surface area contributed by atoms with Crippen molar-refractivity contribution in [3.63, 3.8) is 0 Å². The Morgan fingerprint density at radius 3 is 2.36 bits per heavy atom. The lowest BCUT2D eigenvalue weighted by molar-refractivity contribution is -0.386. The third-order valence-electron chi connectivity index (χ3n) is 2.80. The van der Waals surface area contributed by atoms with Gasteiger partial charge in [-0.15, -0.1) is 0 Å². The van der Waals surface area contributed by atoms with Crippen LogP contribution in [0.3, 0.4) is 0 Å². The highest BCUT2D eigenvalue weighted by atomic mass is 16.7. The average Bonchev–Trinajstić information content (AvgIpc) is 2.55. The van der Waals surface area contributed by atoms with E-state index in [2.05, 4.69) is 4.98 Å². The largest absolute Gasteiger partial charge is 0.351 e. The van der Waals surface area contributed by atoms with Gasteiger partial charge in [0.2, 0.25) is 0 Å². The zero-order valence-electron chi connectivity index (χ0n) is 11.9. The van der Waals surface area contributed by atoms with Gasteiger partial charge in [0.1, 0.15) is 13.6 Å². The minimum absolute atomic E-state index is 0.00237. The topological polar surface area (TPSA) is 83.7 Å². The highest BCUT2D eigenvalue weighted by molar-refractivity contribution is 5.39. The van der Waals surface area contributed by atoms with E-state index < -0.39 is 4.92 Å². The fourth-order valence-electron chi connectivity index (χ4n) is 1.75. The van der Waals surface area contributed by atoms with E-state index in [-0.39, 0.29) is 25.9 Å². The van der Waals surface area contributed by atoms with Gasteiger partial charge in [-0.05, 0) is 23.8 Å². The van der Waals surface area contributed by atoms with E-state index in [1.165, 1.54) is 6.07 Å². The fourth-order valence-corrected chi connectivity index (χ4v) is 1.75. The molecule has 0 bridgehead atoms. The van der Waals surface area contributed by atoms with Crippen LogP contribution in [0.1, 0.15) is 11.1 Å². The van der Waals surface area contributed by atoms with E-state index in [0.29, 0.717) is 12.2 Å². The molecule has 2 rings (SSSR count). The van der Waals surface area contributed by atoms with Gasteiger partial charge in [0.25, 0.3) is 5.69 Å². The summed E-state index contributed by atoms with van der Waals surface area (Å²) in [7, 11) is 0. The lowest BCUT2D eigenvalue weighted by Gasteiger charge is -2.07. The molecule has 0 radical (unpaired) electrons. The third kappa shape index (κ3) is 5.21. The Morgan fingerprint density at radius 2 is 1.64 bits per heavy atom. The van der Waals surface area contributed by atoms with Crippen molar-refractivity contribution in [3.8, 4) is 0 Å². The maximum Gasteiger partial charge on any atom is 0.274 e. The van der Waals surface area contributed by atoms with Crippen LogP contribution in [-0.4, -0.2) is 23.5 Å². The van der Waals surface area contributed by atoms with E-state index >= 15 is 0 Å². The van der Waals surface area contributed by atoms with Crippen LogP contribution >= 0.6 is 0 Å². The summed E-state index contributed by atoms with van der Waals surface area (Å²) < 4.78 is 15.7. The number of para-hydroxylation sites is 1. The second kappa shape index (κ2) is 8.83. The first kappa shape index (κ1) is 16.0. The first-order valence-corrected chi connectivity index (χ1v) is 6.62. The van der Waals surface area contributed by atoms with Gasteiger partial charge in [-0.25, -0.2) is 0 Å². The van der Waals surface area contributed by atoms with Crippen molar-refractivity contribution in [3.05, 3.63) is 70.0 Å². The van der Waals surface area contributed by atoms with Crippen LogP contribution in [-0.2, 0) is 27.4 Å². The summed E-state index contributed by atoms with van der Waals surface area (Å²) >= 11 is 0. The van der Waals surface area contributed by atoms with Gasteiger partial charge in [0.15, 0.2) is 0 Å². The molecule has 1 aromatic carbocycles. The van der Waals surface area contributed by atoms with Gasteiger partial charge in [-0.3, -0.25) is 15.1 Å². The monoisotopic (exact) mass is 304 g/mol. The Kier molecular flexibility index (Phi) is 6.43. The van der Waals surface area contributed by atoms with E-state index in [4.69, 9.17) is 14.2 Å². The van der Waals surface area contributed by atoms with E-state index in [0.717, 1.165) is 5.56 Å².